The van der Waals surface area contributed by atoms with Crippen LogP contribution in [-0.2, 0) is 6.42 Å². The first-order chi connectivity index (χ1) is 10.5. The number of aliphatic hydroxyl groups excluding tert-OH is 1. The Kier molecular flexibility index (Phi) is 3.16. The number of fused-ring (bicyclic) bond motifs is 5. The van der Waals surface area contributed by atoms with Gasteiger partial charge in [-0.2, -0.15) is 0 Å². The van der Waals surface area contributed by atoms with Crippen LogP contribution in [-0.4, -0.2) is 16.3 Å². The fourth-order valence-electron chi connectivity index (χ4n) is 5.77. The van der Waals surface area contributed by atoms with Gasteiger partial charge in [0, 0.05) is 11.3 Å². The van der Waals surface area contributed by atoms with E-state index in [4.69, 9.17) is 0 Å². The molecule has 0 amide bonds. The molecule has 2 fully saturated rings. The molecule has 0 saturated heterocycles. The molecule has 2 nitrogen and oxygen atoms in total. The van der Waals surface area contributed by atoms with Crippen LogP contribution in [0.25, 0.3) is 0 Å². The zero-order chi connectivity index (χ0) is 15.5. The average molecular weight is 298 g/mol. The number of aliphatic hydroxyl groups is 1. The Hall–Kier alpha value is -1.28. The second-order valence-corrected chi connectivity index (χ2v) is 7.81. The van der Waals surface area contributed by atoms with Crippen molar-refractivity contribution in [1.82, 2.24) is 0 Å². The minimum Gasteiger partial charge on any atom is -0.508 e. The van der Waals surface area contributed by atoms with Crippen LogP contribution in [0, 0.1) is 17.3 Å². The van der Waals surface area contributed by atoms with E-state index in [1.54, 1.807) is 0 Å². The summed E-state index contributed by atoms with van der Waals surface area (Å²) in [6, 6.07) is 5.93. The van der Waals surface area contributed by atoms with E-state index in [2.05, 4.69) is 26.0 Å². The molecule has 1 aromatic carbocycles. The number of phenols is 1. The third kappa shape index (κ3) is 1.83. The first kappa shape index (κ1) is 14.3. The van der Waals surface area contributed by atoms with Gasteiger partial charge in [0.15, 0.2) is 0 Å². The van der Waals surface area contributed by atoms with Crippen LogP contribution in [0.5, 0.6) is 5.75 Å². The molecule has 0 radical (unpaired) electrons. The lowest BCUT2D eigenvalue weighted by molar-refractivity contribution is -0.00284. The van der Waals surface area contributed by atoms with E-state index < -0.39 is 0 Å². The summed E-state index contributed by atoms with van der Waals surface area (Å²) >= 11 is 0. The lowest BCUT2D eigenvalue weighted by Crippen LogP contribution is -2.45. The lowest BCUT2D eigenvalue weighted by Gasteiger charge is -2.51. The molecule has 1 aromatic rings. The van der Waals surface area contributed by atoms with Crippen molar-refractivity contribution in [1.29, 1.82) is 0 Å². The second-order valence-electron chi connectivity index (χ2n) is 7.81. The molecule has 2 saturated carbocycles. The molecule has 2 N–H and O–H groups in total. The van der Waals surface area contributed by atoms with Crippen LogP contribution in [0.15, 0.2) is 29.8 Å². The third-order valence-corrected chi connectivity index (χ3v) is 6.87. The van der Waals surface area contributed by atoms with Crippen LogP contribution in [0.4, 0.5) is 0 Å². The molecule has 0 spiro atoms. The maximum atomic E-state index is 10.6. The van der Waals surface area contributed by atoms with Gasteiger partial charge in [-0.15, -0.1) is 0 Å². The van der Waals surface area contributed by atoms with E-state index in [1.807, 2.05) is 12.1 Å². The Balaban J connectivity index is 1.81. The average Bonchev–Trinajstić information content (AvgIpc) is 2.81. The van der Waals surface area contributed by atoms with Crippen molar-refractivity contribution in [3.05, 3.63) is 41.0 Å². The molecule has 0 bridgehead atoms. The Morgan fingerprint density at radius 1 is 1.23 bits per heavy atom. The molecular formula is C20H26O2. The summed E-state index contributed by atoms with van der Waals surface area (Å²) in [5.74, 6) is 2.17. The van der Waals surface area contributed by atoms with Gasteiger partial charge in [-0.05, 0) is 74.1 Å². The molecule has 0 aromatic heterocycles. The van der Waals surface area contributed by atoms with Crippen molar-refractivity contribution < 1.29 is 10.2 Å². The Morgan fingerprint density at radius 3 is 2.82 bits per heavy atom. The van der Waals surface area contributed by atoms with Gasteiger partial charge in [-0.1, -0.05) is 24.6 Å². The molecule has 0 aliphatic heterocycles. The Bertz CT molecular complexity index is 633. The highest BCUT2D eigenvalue weighted by Gasteiger charge is 2.55. The summed E-state index contributed by atoms with van der Waals surface area (Å²) in [5.41, 5.74) is 4.31. The summed E-state index contributed by atoms with van der Waals surface area (Å²) in [6.07, 6.45) is 7.54. The summed E-state index contributed by atoms with van der Waals surface area (Å²) in [5, 5.41) is 20.3. The molecule has 2 heteroatoms. The van der Waals surface area contributed by atoms with Gasteiger partial charge in [0.25, 0.3) is 0 Å². The summed E-state index contributed by atoms with van der Waals surface area (Å²) in [6.45, 7) is 4.45. The maximum absolute atomic E-state index is 10.6. The highest BCUT2D eigenvalue weighted by atomic mass is 16.3. The van der Waals surface area contributed by atoms with Gasteiger partial charge in [-0.3, -0.25) is 0 Å². The lowest BCUT2D eigenvalue weighted by atomic mass is 9.53. The molecule has 3 aliphatic rings. The minimum absolute atomic E-state index is 0.0669. The monoisotopic (exact) mass is 298 g/mol. The van der Waals surface area contributed by atoms with Gasteiger partial charge in [0.1, 0.15) is 5.75 Å². The molecule has 0 heterocycles. The van der Waals surface area contributed by atoms with Crippen molar-refractivity contribution in [2.45, 2.75) is 58.0 Å². The topological polar surface area (TPSA) is 40.5 Å². The normalized spacial score (nSPS) is 41.9. The first-order valence-electron chi connectivity index (χ1n) is 8.69. The molecule has 22 heavy (non-hydrogen) atoms. The number of benzene rings is 1. The summed E-state index contributed by atoms with van der Waals surface area (Å²) in [7, 11) is 0. The zero-order valence-corrected chi connectivity index (χ0v) is 13.5. The largest absolute Gasteiger partial charge is 0.508 e. The van der Waals surface area contributed by atoms with Crippen LogP contribution < -0.4 is 0 Å². The van der Waals surface area contributed by atoms with E-state index in [9.17, 15) is 10.2 Å². The number of aromatic hydroxyl groups is 1. The van der Waals surface area contributed by atoms with Crippen LogP contribution in [0.1, 0.15) is 56.6 Å². The van der Waals surface area contributed by atoms with Crippen molar-refractivity contribution in [2.24, 2.45) is 17.3 Å². The van der Waals surface area contributed by atoms with Crippen molar-refractivity contribution in [3.8, 4) is 5.75 Å². The number of rotatable bonds is 0. The molecular weight excluding hydrogens is 272 g/mol. The van der Waals surface area contributed by atoms with E-state index in [-0.39, 0.29) is 11.5 Å². The molecule has 3 aliphatic carbocycles. The number of hydrogen-bond donors (Lipinski definition) is 2. The second kappa shape index (κ2) is 4.86. The minimum atomic E-state index is -0.144. The molecule has 118 valence electrons. The van der Waals surface area contributed by atoms with Gasteiger partial charge in [0.2, 0.25) is 0 Å². The van der Waals surface area contributed by atoms with Crippen molar-refractivity contribution >= 4 is 0 Å². The summed E-state index contributed by atoms with van der Waals surface area (Å²) < 4.78 is 0. The number of phenolic OH excluding ortho intramolecular Hbond substituents is 1. The molecule has 5 unspecified atom stereocenters. The van der Waals surface area contributed by atoms with Crippen molar-refractivity contribution in [3.63, 3.8) is 0 Å². The smallest absolute Gasteiger partial charge is 0.115 e. The quantitative estimate of drug-likeness (QED) is 0.706. The Labute approximate surface area is 132 Å². The molecule has 5 atom stereocenters. The van der Waals surface area contributed by atoms with E-state index in [1.165, 1.54) is 29.5 Å². The van der Waals surface area contributed by atoms with Crippen molar-refractivity contribution in [2.75, 3.05) is 0 Å². The van der Waals surface area contributed by atoms with Crippen LogP contribution in [0.3, 0.4) is 0 Å². The van der Waals surface area contributed by atoms with Gasteiger partial charge in [0.05, 0.1) is 6.10 Å². The number of allylic oxidation sites excluding steroid dienone is 2. The highest BCUT2D eigenvalue weighted by molar-refractivity contribution is 5.45. The number of aryl methyl sites for hydroxylation is 1. The maximum Gasteiger partial charge on any atom is 0.115 e. The fourth-order valence-corrected chi connectivity index (χ4v) is 5.77. The van der Waals surface area contributed by atoms with E-state index in [0.29, 0.717) is 23.5 Å². The highest BCUT2D eigenvalue weighted by Crippen LogP contribution is 2.62. The van der Waals surface area contributed by atoms with Crippen LogP contribution in [0.2, 0.25) is 0 Å². The standard InChI is InChI=1S/C20H26O2/c1-3-12-11-20(2)17(8-9-18(20)22)16-6-4-13-10-14(21)5-7-15(13)19(12)16/h3,5,7,10,16-19,21-22H,4,6,8-9,11H2,1-2H3/b12-3+. The van der Waals surface area contributed by atoms with Gasteiger partial charge >= 0.3 is 0 Å². The predicted molar refractivity (Wildman–Crippen MR) is 87.9 cm³/mol. The number of hydrogen-bond acceptors (Lipinski definition) is 2. The molecule has 4 rings (SSSR count). The fraction of sp³-hybridized carbons (Fsp3) is 0.600. The van der Waals surface area contributed by atoms with Gasteiger partial charge in [-0.25, -0.2) is 0 Å². The SMILES string of the molecule is C/C=C1\CC2(C)C(O)CCC2C2CCc3cc(O)ccc3C12. The third-order valence-electron chi connectivity index (χ3n) is 6.87. The van der Waals surface area contributed by atoms with E-state index in [0.717, 1.165) is 19.3 Å². The first-order valence-corrected chi connectivity index (χ1v) is 8.69. The van der Waals surface area contributed by atoms with E-state index >= 15 is 0 Å². The predicted octanol–water partition coefficient (Wildman–Crippen LogP) is 4.17. The van der Waals surface area contributed by atoms with Gasteiger partial charge < -0.3 is 10.2 Å². The Morgan fingerprint density at radius 2 is 2.05 bits per heavy atom. The summed E-state index contributed by atoms with van der Waals surface area (Å²) in [4.78, 5) is 0. The van der Waals surface area contributed by atoms with Crippen LogP contribution >= 0.6 is 0 Å². The zero-order valence-electron chi connectivity index (χ0n) is 13.5.